The first kappa shape index (κ1) is 15.6. The molecule has 0 radical (unpaired) electrons. The lowest BCUT2D eigenvalue weighted by molar-refractivity contribution is 0.263. The summed E-state index contributed by atoms with van der Waals surface area (Å²) in [5.41, 5.74) is 9.70. The molecule has 0 spiro atoms. The smallest absolute Gasteiger partial charge is 0.174 e. The van der Waals surface area contributed by atoms with Gasteiger partial charge in [0, 0.05) is 18.8 Å². The van der Waals surface area contributed by atoms with Gasteiger partial charge in [0.2, 0.25) is 0 Å². The molecule has 21 heavy (non-hydrogen) atoms. The van der Waals surface area contributed by atoms with E-state index >= 15 is 0 Å². The van der Waals surface area contributed by atoms with Crippen molar-refractivity contribution in [2.45, 2.75) is 41.0 Å². The zero-order valence-corrected chi connectivity index (χ0v) is 13.6. The van der Waals surface area contributed by atoms with Crippen LogP contribution in [0.3, 0.4) is 0 Å². The number of rotatable bonds is 2. The van der Waals surface area contributed by atoms with Crippen LogP contribution < -0.4 is 10.6 Å². The molecule has 1 aromatic rings. The standard InChI is InChI=1S/C16H26N4O/c1-10-8-13(14(11(2)18-10)15(17)19-21)20-7-6-12(9-20)16(3,4)5/h8,12,21H,6-7,9H2,1-5H3,(H2,17,19). The molecule has 2 heterocycles. The predicted molar refractivity (Wildman–Crippen MR) is 86.0 cm³/mol. The zero-order valence-electron chi connectivity index (χ0n) is 13.6. The molecular formula is C16H26N4O. The van der Waals surface area contributed by atoms with Gasteiger partial charge in [0.25, 0.3) is 0 Å². The summed E-state index contributed by atoms with van der Waals surface area (Å²) in [5.74, 6) is 0.778. The number of hydrogen-bond acceptors (Lipinski definition) is 4. The number of nitrogens with zero attached hydrogens (tertiary/aromatic N) is 3. The highest BCUT2D eigenvalue weighted by molar-refractivity contribution is 6.03. The van der Waals surface area contributed by atoms with E-state index in [9.17, 15) is 0 Å². The number of oxime groups is 1. The largest absolute Gasteiger partial charge is 0.409 e. The average molecular weight is 290 g/mol. The maximum Gasteiger partial charge on any atom is 0.174 e. The Labute approximate surface area is 126 Å². The van der Waals surface area contributed by atoms with Crippen molar-refractivity contribution in [2.24, 2.45) is 22.2 Å². The van der Waals surface area contributed by atoms with E-state index in [-0.39, 0.29) is 5.84 Å². The molecule has 0 saturated carbocycles. The van der Waals surface area contributed by atoms with E-state index in [4.69, 9.17) is 10.9 Å². The molecule has 0 bridgehead atoms. The van der Waals surface area contributed by atoms with Gasteiger partial charge in [0.15, 0.2) is 5.84 Å². The second-order valence-electron chi connectivity index (χ2n) is 7.03. The second-order valence-corrected chi connectivity index (χ2v) is 7.03. The van der Waals surface area contributed by atoms with Crippen molar-refractivity contribution in [1.29, 1.82) is 0 Å². The molecule has 1 aromatic heterocycles. The molecule has 1 atom stereocenters. The van der Waals surface area contributed by atoms with Crippen LogP contribution in [-0.2, 0) is 0 Å². The minimum absolute atomic E-state index is 0.134. The van der Waals surface area contributed by atoms with Crippen LogP contribution in [0.25, 0.3) is 0 Å². The van der Waals surface area contributed by atoms with Gasteiger partial charge in [-0.2, -0.15) is 0 Å². The third kappa shape index (κ3) is 3.12. The molecule has 3 N–H and O–H groups in total. The first-order valence-electron chi connectivity index (χ1n) is 7.45. The molecule has 0 aromatic carbocycles. The van der Waals surface area contributed by atoms with E-state index in [0.717, 1.165) is 35.7 Å². The number of pyridine rings is 1. The van der Waals surface area contributed by atoms with Crippen molar-refractivity contribution in [3.63, 3.8) is 0 Å². The topological polar surface area (TPSA) is 74.7 Å². The minimum Gasteiger partial charge on any atom is -0.409 e. The fourth-order valence-corrected chi connectivity index (χ4v) is 3.11. The van der Waals surface area contributed by atoms with Gasteiger partial charge in [-0.25, -0.2) is 0 Å². The number of anilines is 1. The highest BCUT2D eigenvalue weighted by atomic mass is 16.4. The average Bonchev–Trinajstić information content (AvgIpc) is 2.86. The summed E-state index contributed by atoms with van der Waals surface area (Å²) in [6.45, 7) is 12.7. The Balaban J connectivity index is 2.41. The Morgan fingerprint density at radius 2 is 2.10 bits per heavy atom. The monoisotopic (exact) mass is 290 g/mol. The van der Waals surface area contributed by atoms with E-state index in [1.165, 1.54) is 6.42 Å². The summed E-state index contributed by atoms with van der Waals surface area (Å²) in [4.78, 5) is 6.78. The van der Waals surface area contributed by atoms with Crippen LogP contribution in [-0.4, -0.2) is 29.1 Å². The van der Waals surface area contributed by atoms with Crippen LogP contribution in [0.15, 0.2) is 11.2 Å². The highest BCUT2D eigenvalue weighted by Gasteiger charge is 2.33. The molecule has 2 rings (SSSR count). The molecule has 1 aliphatic heterocycles. The summed E-state index contributed by atoms with van der Waals surface area (Å²) in [7, 11) is 0. The van der Waals surface area contributed by atoms with Gasteiger partial charge >= 0.3 is 0 Å². The minimum atomic E-state index is 0.134. The van der Waals surface area contributed by atoms with Gasteiger partial charge in [-0.3, -0.25) is 4.98 Å². The van der Waals surface area contributed by atoms with Crippen LogP contribution in [0.2, 0.25) is 0 Å². The van der Waals surface area contributed by atoms with Crippen molar-refractivity contribution >= 4 is 11.5 Å². The molecule has 1 fully saturated rings. The van der Waals surface area contributed by atoms with Gasteiger partial charge in [-0.15, -0.1) is 0 Å². The fraction of sp³-hybridized carbons (Fsp3) is 0.625. The van der Waals surface area contributed by atoms with Gasteiger partial charge in [0.05, 0.1) is 16.9 Å². The number of hydrogen-bond donors (Lipinski definition) is 2. The first-order valence-corrected chi connectivity index (χ1v) is 7.45. The van der Waals surface area contributed by atoms with Crippen molar-refractivity contribution in [2.75, 3.05) is 18.0 Å². The van der Waals surface area contributed by atoms with E-state index in [2.05, 4.69) is 35.8 Å². The summed E-state index contributed by atoms with van der Waals surface area (Å²) < 4.78 is 0. The fourth-order valence-electron chi connectivity index (χ4n) is 3.11. The molecule has 116 valence electrons. The number of aromatic nitrogens is 1. The van der Waals surface area contributed by atoms with Crippen molar-refractivity contribution in [3.05, 3.63) is 23.0 Å². The number of amidine groups is 1. The van der Waals surface area contributed by atoms with Gasteiger partial charge in [-0.1, -0.05) is 25.9 Å². The summed E-state index contributed by atoms with van der Waals surface area (Å²) in [6.07, 6.45) is 1.17. The normalized spacial score (nSPS) is 20.1. The first-order chi connectivity index (χ1) is 9.74. The number of nitrogens with two attached hydrogens (primary N) is 1. The van der Waals surface area contributed by atoms with E-state index in [1.54, 1.807) is 0 Å². The molecule has 5 heteroatoms. The van der Waals surface area contributed by atoms with Crippen molar-refractivity contribution < 1.29 is 5.21 Å². The Morgan fingerprint density at radius 1 is 1.43 bits per heavy atom. The SMILES string of the molecule is Cc1cc(N2CCC(C(C)(C)C)C2)c(/C(N)=N/O)c(C)n1. The van der Waals surface area contributed by atoms with Crippen LogP contribution in [0, 0.1) is 25.2 Å². The molecule has 5 nitrogen and oxygen atoms in total. The molecule has 1 saturated heterocycles. The Hall–Kier alpha value is -1.78. The van der Waals surface area contributed by atoms with Gasteiger partial charge in [-0.05, 0) is 37.7 Å². The maximum absolute atomic E-state index is 9.05. The van der Waals surface area contributed by atoms with E-state index in [1.807, 2.05) is 19.9 Å². The molecule has 1 aliphatic rings. The number of aryl methyl sites for hydroxylation is 2. The molecule has 0 amide bonds. The van der Waals surface area contributed by atoms with Crippen LogP contribution in [0.1, 0.15) is 44.1 Å². The lowest BCUT2D eigenvalue weighted by Crippen LogP contribution is -2.28. The van der Waals surface area contributed by atoms with E-state index in [0.29, 0.717) is 11.3 Å². The van der Waals surface area contributed by atoms with Gasteiger partial charge < -0.3 is 15.8 Å². The van der Waals surface area contributed by atoms with Crippen LogP contribution >= 0.6 is 0 Å². The predicted octanol–water partition coefficient (Wildman–Crippen LogP) is 2.67. The van der Waals surface area contributed by atoms with Crippen molar-refractivity contribution in [3.8, 4) is 0 Å². The van der Waals surface area contributed by atoms with Gasteiger partial charge in [0.1, 0.15) is 0 Å². The second kappa shape index (κ2) is 5.54. The Bertz CT molecular complexity index is 560. The Kier molecular flexibility index (Phi) is 4.12. The third-order valence-corrected chi connectivity index (χ3v) is 4.43. The zero-order chi connectivity index (χ0) is 15.8. The lowest BCUT2D eigenvalue weighted by atomic mass is 9.80. The van der Waals surface area contributed by atoms with Crippen molar-refractivity contribution in [1.82, 2.24) is 4.98 Å². The lowest BCUT2D eigenvalue weighted by Gasteiger charge is -2.28. The maximum atomic E-state index is 9.05. The van der Waals surface area contributed by atoms with E-state index < -0.39 is 0 Å². The third-order valence-electron chi connectivity index (χ3n) is 4.43. The highest BCUT2D eigenvalue weighted by Crippen LogP contribution is 2.37. The quantitative estimate of drug-likeness (QED) is 0.380. The molecule has 1 unspecified atom stereocenters. The van der Waals surface area contributed by atoms with Crippen LogP contribution in [0.5, 0.6) is 0 Å². The molecule has 0 aliphatic carbocycles. The van der Waals surface area contributed by atoms with Crippen LogP contribution in [0.4, 0.5) is 5.69 Å². The molecular weight excluding hydrogens is 264 g/mol. The summed E-state index contributed by atoms with van der Waals surface area (Å²) in [6, 6.07) is 2.03. The Morgan fingerprint density at radius 3 is 2.62 bits per heavy atom. The summed E-state index contributed by atoms with van der Waals surface area (Å²) in [5, 5.41) is 12.2. The summed E-state index contributed by atoms with van der Waals surface area (Å²) >= 11 is 0.